The van der Waals surface area contributed by atoms with E-state index in [1.165, 1.54) is 12.8 Å². The van der Waals surface area contributed by atoms with Gasteiger partial charge in [-0.3, -0.25) is 4.57 Å². The summed E-state index contributed by atoms with van der Waals surface area (Å²) < 4.78 is 24.9. The molecule has 2 fully saturated rings. The third-order valence-electron chi connectivity index (χ3n) is 4.68. The van der Waals surface area contributed by atoms with Crippen molar-refractivity contribution in [2.45, 2.75) is 95.1 Å². The van der Waals surface area contributed by atoms with Gasteiger partial charge in [0.1, 0.15) is 0 Å². The van der Waals surface area contributed by atoms with Crippen LogP contribution in [0.1, 0.15) is 77.0 Å². The molecule has 2 saturated carbocycles. The van der Waals surface area contributed by atoms with Crippen LogP contribution in [0.2, 0.25) is 0 Å². The molecule has 0 aromatic heterocycles. The minimum absolute atomic E-state index is 0.0239. The summed E-state index contributed by atoms with van der Waals surface area (Å²) in [6.07, 6.45) is 10.8. The smallest absolute Gasteiger partial charge is 0.359 e. The summed E-state index contributed by atoms with van der Waals surface area (Å²) in [4.78, 5) is 0. The maximum Gasteiger partial charge on any atom is 0.359 e. The van der Waals surface area contributed by atoms with Crippen LogP contribution in [0.4, 0.5) is 0 Å². The van der Waals surface area contributed by atoms with Crippen LogP contribution in [-0.2, 0) is 13.6 Å². The fraction of sp³-hybridized carbons (Fsp3) is 1.00. The van der Waals surface area contributed by atoms with Gasteiger partial charge in [-0.2, -0.15) is 0 Å². The predicted molar refractivity (Wildman–Crippen MR) is 85.8 cm³/mol. The van der Waals surface area contributed by atoms with Crippen LogP contribution in [0.5, 0.6) is 0 Å². The molecule has 2 rings (SSSR count). The Morgan fingerprint density at radius 3 is 1.77 bits per heavy atom. The highest BCUT2D eigenvalue weighted by Crippen LogP contribution is 2.57. The maximum atomic E-state index is 13.2. The lowest BCUT2D eigenvalue weighted by atomic mass is 9.98. The van der Waals surface area contributed by atoms with E-state index in [1.54, 1.807) is 0 Å². The van der Waals surface area contributed by atoms with Gasteiger partial charge in [0.25, 0.3) is 0 Å². The highest BCUT2D eigenvalue weighted by molar-refractivity contribution is 7.54. The Morgan fingerprint density at radius 2 is 1.36 bits per heavy atom. The van der Waals surface area contributed by atoms with Crippen LogP contribution in [0.3, 0.4) is 0 Å². The van der Waals surface area contributed by atoms with E-state index in [9.17, 15) is 9.67 Å². The molecule has 0 amide bonds. The fourth-order valence-corrected chi connectivity index (χ4v) is 5.44. The van der Waals surface area contributed by atoms with Crippen LogP contribution in [0.15, 0.2) is 0 Å². The van der Waals surface area contributed by atoms with Crippen molar-refractivity contribution >= 4 is 7.60 Å². The fourth-order valence-electron chi connectivity index (χ4n) is 3.35. The molecule has 2 N–H and O–H groups in total. The van der Waals surface area contributed by atoms with Gasteiger partial charge in [-0.15, -0.1) is 0 Å². The normalized spacial score (nSPS) is 23.5. The van der Waals surface area contributed by atoms with E-state index in [1.807, 2.05) is 0 Å². The minimum Gasteiger partial charge on any atom is -0.396 e. The number of hydrogen-bond donors (Lipinski definition) is 2. The molecule has 0 spiro atoms. The third-order valence-corrected chi connectivity index (χ3v) is 6.85. The Morgan fingerprint density at radius 1 is 0.909 bits per heavy atom. The van der Waals surface area contributed by atoms with Crippen LogP contribution >= 0.6 is 7.60 Å². The predicted octanol–water partition coefficient (Wildman–Crippen LogP) is 3.97. The molecule has 0 aromatic carbocycles. The lowest BCUT2D eigenvalue weighted by Gasteiger charge is -2.33. The van der Waals surface area contributed by atoms with E-state index in [0.29, 0.717) is 6.42 Å². The van der Waals surface area contributed by atoms with Gasteiger partial charge in [-0.05, 0) is 38.5 Å². The molecule has 5 nitrogen and oxygen atoms in total. The summed E-state index contributed by atoms with van der Waals surface area (Å²) in [6.45, 7) is -0.0239. The molecule has 0 aliphatic heterocycles. The molecule has 0 aromatic rings. The highest BCUT2D eigenvalue weighted by Gasteiger charge is 2.39. The molecule has 0 heterocycles. The summed E-state index contributed by atoms with van der Waals surface area (Å²) in [6, 6.07) is 0. The molecule has 1 atom stereocenters. The molecular formula is C16H31O5P. The van der Waals surface area contributed by atoms with Crippen LogP contribution in [0.25, 0.3) is 0 Å². The number of rotatable bonds is 8. The van der Waals surface area contributed by atoms with Crippen molar-refractivity contribution in [1.82, 2.24) is 0 Å². The van der Waals surface area contributed by atoms with E-state index >= 15 is 0 Å². The Labute approximate surface area is 133 Å². The number of hydrogen-bond acceptors (Lipinski definition) is 5. The molecule has 0 saturated heterocycles. The summed E-state index contributed by atoms with van der Waals surface area (Å²) >= 11 is 0. The molecule has 0 bridgehead atoms. The lowest BCUT2D eigenvalue weighted by molar-refractivity contribution is 0.0519. The van der Waals surface area contributed by atoms with Crippen molar-refractivity contribution in [3.05, 3.63) is 0 Å². The number of aliphatic hydroxyl groups is 2. The first-order valence-electron chi connectivity index (χ1n) is 8.89. The Hall–Kier alpha value is 0.0700. The lowest BCUT2D eigenvalue weighted by Crippen LogP contribution is -2.25. The van der Waals surface area contributed by atoms with Crippen molar-refractivity contribution in [2.75, 3.05) is 6.61 Å². The van der Waals surface area contributed by atoms with E-state index in [2.05, 4.69) is 0 Å². The largest absolute Gasteiger partial charge is 0.396 e. The monoisotopic (exact) mass is 334 g/mol. The van der Waals surface area contributed by atoms with Crippen molar-refractivity contribution < 1.29 is 23.8 Å². The van der Waals surface area contributed by atoms with Crippen molar-refractivity contribution in [2.24, 2.45) is 0 Å². The Kier molecular flexibility index (Phi) is 7.85. The maximum absolute atomic E-state index is 13.2. The molecule has 1 unspecified atom stereocenters. The summed E-state index contributed by atoms with van der Waals surface area (Å²) in [5, 5.41) is 19.3. The zero-order chi connectivity index (χ0) is 15.8. The third kappa shape index (κ3) is 5.61. The zero-order valence-corrected chi connectivity index (χ0v) is 14.4. The first-order valence-corrected chi connectivity index (χ1v) is 10.5. The molecular weight excluding hydrogens is 303 g/mol. The van der Waals surface area contributed by atoms with Gasteiger partial charge in [0, 0.05) is 6.61 Å². The van der Waals surface area contributed by atoms with E-state index in [-0.39, 0.29) is 25.2 Å². The second kappa shape index (κ2) is 9.39. The molecule has 22 heavy (non-hydrogen) atoms. The van der Waals surface area contributed by atoms with E-state index in [0.717, 1.165) is 51.4 Å². The second-order valence-corrected chi connectivity index (χ2v) is 8.71. The quantitative estimate of drug-likeness (QED) is 0.657. The molecule has 2 aliphatic rings. The SMILES string of the molecule is O=P(OC1CCCCC1)(OC1CCCCC1)C(O)CCCO. The van der Waals surface area contributed by atoms with Crippen LogP contribution in [0, 0.1) is 0 Å². The van der Waals surface area contributed by atoms with Gasteiger partial charge in [-0.25, -0.2) is 0 Å². The van der Waals surface area contributed by atoms with Gasteiger partial charge >= 0.3 is 7.60 Å². The van der Waals surface area contributed by atoms with Gasteiger partial charge in [-0.1, -0.05) is 38.5 Å². The van der Waals surface area contributed by atoms with Crippen LogP contribution in [-0.4, -0.2) is 34.9 Å². The van der Waals surface area contributed by atoms with Crippen molar-refractivity contribution in [3.8, 4) is 0 Å². The van der Waals surface area contributed by atoms with Gasteiger partial charge < -0.3 is 19.3 Å². The number of aliphatic hydroxyl groups excluding tert-OH is 2. The Balaban J connectivity index is 1.98. The topological polar surface area (TPSA) is 76.0 Å². The summed E-state index contributed by atoms with van der Waals surface area (Å²) in [5.74, 6) is -1.12. The van der Waals surface area contributed by atoms with Gasteiger partial charge in [0.05, 0.1) is 12.2 Å². The molecule has 6 heteroatoms. The van der Waals surface area contributed by atoms with Crippen LogP contribution < -0.4 is 0 Å². The van der Waals surface area contributed by atoms with Crippen molar-refractivity contribution in [3.63, 3.8) is 0 Å². The first kappa shape index (κ1) is 18.4. The van der Waals surface area contributed by atoms with Crippen molar-refractivity contribution in [1.29, 1.82) is 0 Å². The molecule has 0 radical (unpaired) electrons. The summed E-state index contributed by atoms with van der Waals surface area (Å²) in [7, 11) is -3.53. The zero-order valence-electron chi connectivity index (χ0n) is 13.5. The highest BCUT2D eigenvalue weighted by atomic mass is 31.2. The van der Waals surface area contributed by atoms with Gasteiger partial charge in [0.2, 0.25) is 0 Å². The average Bonchev–Trinajstić information content (AvgIpc) is 2.54. The van der Waals surface area contributed by atoms with E-state index in [4.69, 9.17) is 14.2 Å². The minimum atomic E-state index is -3.53. The standard InChI is InChI=1S/C16H31O5P/c17-13-7-12-16(18)22(19,20-14-8-3-1-4-9-14)21-15-10-5-2-6-11-15/h14-18H,1-13H2. The average molecular weight is 334 g/mol. The summed E-state index contributed by atoms with van der Waals surface area (Å²) in [5.41, 5.74) is 0. The first-order chi connectivity index (χ1) is 10.6. The second-order valence-electron chi connectivity index (χ2n) is 6.62. The Bertz CT molecular complexity index is 326. The van der Waals surface area contributed by atoms with E-state index < -0.39 is 13.4 Å². The molecule has 130 valence electrons. The molecule has 2 aliphatic carbocycles. The van der Waals surface area contributed by atoms with Gasteiger partial charge in [0.15, 0.2) is 5.85 Å².